The Morgan fingerprint density at radius 1 is 1.62 bits per heavy atom. The fraction of sp³-hybridized carbons (Fsp3) is 0.833. The summed E-state index contributed by atoms with van der Waals surface area (Å²) < 4.78 is 0. The van der Waals surface area contributed by atoms with Crippen molar-refractivity contribution in [3.05, 3.63) is 6.92 Å². The predicted octanol–water partition coefficient (Wildman–Crippen LogP) is 0.495. The average molecular weight is 115 g/mol. The van der Waals surface area contributed by atoms with Crippen LogP contribution in [0.2, 0.25) is 0 Å². The molecule has 1 unspecified atom stereocenters. The Hall–Kier alpha value is -0.0800. The molecule has 0 aliphatic carbocycles. The second kappa shape index (κ2) is 3.05. The van der Waals surface area contributed by atoms with Crippen LogP contribution in [0.15, 0.2) is 0 Å². The Morgan fingerprint density at radius 2 is 2.12 bits per heavy atom. The van der Waals surface area contributed by atoms with E-state index in [-0.39, 0.29) is 0 Å². The maximum Gasteiger partial charge on any atom is 0.0660 e. The molecule has 0 fully saturated rings. The Labute approximate surface area is 51.5 Å². The first-order valence-corrected chi connectivity index (χ1v) is 3.01. The van der Waals surface area contributed by atoms with Gasteiger partial charge in [0.25, 0.3) is 0 Å². The molecule has 2 heteroatoms. The van der Waals surface area contributed by atoms with Gasteiger partial charge in [-0.1, -0.05) is 13.8 Å². The number of hydrogen-bond acceptors (Lipinski definition) is 2. The van der Waals surface area contributed by atoms with Crippen molar-refractivity contribution < 1.29 is 0 Å². The third-order valence-electron chi connectivity index (χ3n) is 1.16. The molecule has 0 saturated heterocycles. The zero-order valence-corrected chi connectivity index (χ0v) is 5.70. The van der Waals surface area contributed by atoms with Gasteiger partial charge in [0.2, 0.25) is 0 Å². The SMILES string of the molecule is [CH2]C(N)(CC)NCC. The summed E-state index contributed by atoms with van der Waals surface area (Å²) in [6.45, 7) is 8.65. The van der Waals surface area contributed by atoms with Crippen LogP contribution in [0, 0.1) is 6.92 Å². The monoisotopic (exact) mass is 115 g/mol. The van der Waals surface area contributed by atoms with Crippen molar-refractivity contribution in [1.82, 2.24) is 5.32 Å². The molecule has 0 aliphatic rings. The molecule has 0 aromatic rings. The smallest absolute Gasteiger partial charge is 0.0660 e. The summed E-state index contributed by atoms with van der Waals surface area (Å²) in [6, 6.07) is 0. The quantitative estimate of drug-likeness (QED) is 0.525. The zero-order chi connectivity index (χ0) is 6.62. The summed E-state index contributed by atoms with van der Waals surface area (Å²) in [5, 5.41) is 3.04. The van der Waals surface area contributed by atoms with Crippen LogP contribution in [0.5, 0.6) is 0 Å². The largest absolute Gasteiger partial charge is 0.313 e. The Morgan fingerprint density at radius 3 is 2.25 bits per heavy atom. The molecule has 3 N–H and O–H groups in total. The summed E-state index contributed by atoms with van der Waals surface area (Å²) in [4.78, 5) is 0. The molecule has 0 aromatic heterocycles. The lowest BCUT2D eigenvalue weighted by Gasteiger charge is -2.22. The van der Waals surface area contributed by atoms with Crippen LogP contribution in [0.1, 0.15) is 20.3 Å². The molecule has 1 atom stereocenters. The second-order valence-electron chi connectivity index (χ2n) is 2.04. The minimum absolute atomic E-state index is 0.408. The lowest BCUT2D eigenvalue weighted by Crippen LogP contribution is -2.50. The topological polar surface area (TPSA) is 38.0 Å². The van der Waals surface area contributed by atoms with Crippen molar-refractivity contribution in [3.63, 3.8) is 0 Å². The van der Waals surface area contributed by atoms with Crippen molar-refractivity contribution in [2.75, 3.05) is 6.54 Å². The van der Waals surface area contributed by atoms with Gasteiger partial charge in [-0.05, 0) is 19.9 Å². The van der Waals surface area contributed by atoms with E-state index >= 15 is 0 Å². The summed E-state index contributed by atoms with van der Waals surface area (Å²) in [5.74, 6) is 0. The molecule has 2 nitrogen and oxygen atoms in total. The van der Waals surface area contributed by atoms with Gasteiger partial charge < -0.3 is 5.73 Å². The first kappa shape index (κ1) is 7.92. The molecule has 49 valence electrons. The predicted molar refractivity (Wildman–Crippen MR) is 36.2 cm³/mol. The molecule has 0 amide bonds. The van der Waals surface area contributed by atoms with E-state index in [9.17, 15) is 0 Å². The van der Waals surface area contributed by atoms with E-state index in [0.29, 0.717) is 0 Å². The molecule has 0 heterocycles. The number of rotatable bonds is 3. The van der Waals surface area contributed by atoms with E-state index in [1.54, 1.807) is 0 Å². The third kappa shape index (κ3) is 2.99. The fourth-order valence-corrected chi connectivity index (χ4v) is 0.477. The van der Waals surface area contributed by atoms with Gasteiger partial charge >= 0.3 is 0 Å². The Bertz CT molecular complexity index is 59.5. The van der Waals surface area contributed by atoms with Crippen LogP contribution in [0.3, 0.4) is 0 Å². The molecular formula is C6H15N2. The van der Waals surface area contributed by atoms with Gasteiger partial charge in [0, 0.05) is 0 Å². The third-order valence-corrected chi connectivity index (χ3v) is 1.16. The lowest BCUT2D eigenvalue weighted by molar-refractivity contribution is 0.409. The van der Waals surface area contributed by atoms with Crippen LogP contribution in [-0.4, -0.2) is 12.2 Å². The van der Waals surface area contributed by atoms with Crippen molar-refractivity contribution in [3.8, 4) is 0 Å². The van der Waals surface area contributed by atoms with Gasteiger partial charge in [0.1, 0.15) is 0 Å². The molecule has 0 bridgehead atoms. The van der Waals surface area contributed by atoms with E-state index in [0.717, 1.165) is 13.0 Å². The summed E-state index contributed by atoms with van der Waals surface area (Å²) in [7, 11) is 0. The van der Waals surface area contributed by atoms with Crippen LogP contribution in [0.4, 0.5) is 0 Å². The summed E-state index contributed by atoms with van der Waals surface area (Å²) in [6.07, 6.45) is 0.862. The molecule has 0 aliphatic heterocycles. The maximum atomic E-state index is 5.60. The van der Waals surface area contributed by atoms with Crippen molar-refractivity contribution in [2.45, 2.75) is 25.9 Å². The molecule has 1 radical (unpaired) electrons. The van der Waals surface area contributed by atoms with Crippen LogP contribution in [0.25, 0.3) is 0 Å². The summed E-state index contributed by atoms with van der Waals surface area (Å²) in [5.41, 5.74) is 5.20. The molecule has 0 saturated carbocycles. The van der Waals surface area contributed by atoms with Gasteiger partial charge in [0.15, 0.2) is 0 Å². The van der Waals surface area contributed by atoms with Gasteiger partial charge in [-0.15, -0.1) is 0 Å². The van der Waals surface area contributed by atoms with Crippen LogP contribution < -0.4 is 11.1 Å². The van der Waals surface area contributed by atoms with E-state index < -0.39 is 5.66 Å². The van der Waals surface area contributed by atoms with Crippen molar-refractivity contribution >= 4 is 0 Å². The van der Waals surface area contributed by atoms with Gasteiger partial charge in [-0.2, -0.15) is 0 Å². The molecule has 0 spiro atoms. The highest BCUT2D eigenvalue weighted by Gasteiger charge is 2.11. The van der Waals surface area contributed by atoms with Crippen LogP contribution in [-0.2, 0) is 0 Å². The lowest BCUT2D eigenvalue weighted by atomic mass is 10.1. The standard InChI is InChI=1S/C6H15N2/c1-4-6(3,7)8-5-2/h8H,3-5,7H2,1-2H3. The highest BCUT2D eigenvalue weighted by atomic mass is 15.1. The maximum absolute atomic E-state index is 5.60. The minimum Gasteiger partial charge on any atom is -0.313 e. The first-order chi connectivity index (χ1) is 3.62. The zero-order valence-electron chi connectivity index (χ0n) is 5.70. The molecule has 8 heavy (non-hydrogen) atoms. The Kier molecular flexibility index (Phi) is 3.02. The van der Waals surface area contributed by atoms with E-state index in [4.69, 9.17) is 5.73 Å². The van der Waals surface area contributed by atoms with Crippen molar-refractivity contribution in [1.29, 1.82) is 0 Å². The van der Waals surface area contributed by atoms with Crippen LogP contribution >= 0.6 is 0 Å². The van der Waals surface area contributed by atoms with Gasteiger partial charge in [0.05, 0.1) is 5.66 Å². The fourth-order valence-electron chi connectivity index (χ4n) is 0.477. The van der Waals surface area contributed by atoms with Gasteiger partial charge in [-0.25, -0.2) is 0 Å². The highest BCUT2D eigenvalue weighted by molar-refractivity contribution is 4.80. The first-order valence-electron chi connectivity index (χ1n) is 3.01. The summed E-state index contributed by atoms with van der Waals surface area (Å²) >= 11 is 0. The van der Waals surface area contributed by atoms with Crippen molar-refractivity contribution in [2.24, 2.45) is 5.73 Å². The molecule has 0 rings (SSSR count). The number of hydrogen-bond donors (Lipinski definition) is 2. The van der Waals surface area contributed by atoms with E-state index in [1.165, 1.54) is 0 Å². The number of nitrogens with one attached hydrogen (secondary N) is 1. The normalized spacial score (nSPS) is 18.0. The molecule has 0 aromatic carbocycles. The van der Waals surface area contributed by atoms with E-state index in [2.05, 4.69) is 12.2 Å². The highest BCUT2D eigenvalue weighted by Crippen LogP contribution is 1.96. The average Bonchev–Trinajstić information content (AvgIpc) is 1.67. The Balaban J connectivity index is 3.37. The number of nitrogens with two attached hydrogens (primary N) is 1. The molecular weight excluding hydrogens is 100 g/mol. The second-order valence-corrected chi connectivity index (χ2v) is 2.04. The van der Waals surface area contributed by atoms with Gasteiger partial charge in [-0.3, -0.25) is 5.32 Å². The minimum atomic E-state index is -0.408. The van der Waals surface area contributed by atoms with E-state index in [1.807, 2.05) is 13.8 Å².